The van der Waals surface area contributed by atoms with E-state index in [2.05, 4.69) is 51.8 Å². The number of thiophene rings is 1. The number of hydrogen-bond donors (Lipinski definition) is 2. The van der Waals surface area contributed by atoms with Crippen LogP contribution in [-0.2, 0) is 16.1 Å². The van der Waals surface area contributed by atoms with Gasteiger partial charge < -0.3 is 20.3 Å². The number of nitrogens with zero attached hydrogens (tertiary/aromatic N) is 2. The fraction of sp³-hybridized carbons (Fsp3) is 0.739. The van der Waals surface area contributed by atoms with Crippen molar-refractivity contribution in [1.82, 2.24) is 20.4 Å². The lowest BCUT2D eigenvalue weighted by atomic mass is 9.78. The summed E-state index contributed by atoms with van der Waals surface area (Å²) in [6.07, 6.45) is 4.57. The van der Waals surface area contributed by atoms with E-state index in [1.165, 1.54) is 17.7 Å². The molecule has 6 nitrogen and oxygen atoms in total. The summed E-state index contributed by atoms with van der Waals surface area (Å²) in [5.41, 5.74) is 0. The molecule has 1 amide bonds. The van der Waals surface area contributed by atoms with Gasteiger partial charge in [0, 0.05) is 37.1 Å². The number of hydrogen-bond acceptors (Lipinski definition) is 5. The van der Waals surface area contributed by atoms with Crippen molar-refractivity contribution in [3.05, 3.63) is 22.4 Å². The van der Waals surface area contributed by atoms with Crippen molar-refractivity contribution in [3.8, 4) is 0 Å². The first-order valence-electron chi connectivity index (χ1n) is 11.7. The second-order valence-electron chi connectivity index (χ2n) is 8.91. The van der Waals surface area contributed by atoms with E-state index < -0.39 is 0 Å². The molecule has 0 spiro atoms. The third kappa shape index (κ3) is 8.00. The van der Waals surface area contributed by atoms with Crippen molar-refractivity contribution in [3.63, 3.8) is 0 Å². The van der Waals surface area contributed by atoms with E-state index in [1.807, 2.05) is 0 Å². The minimum absolute atomic E-state index is 0.0395. The number of rotatable bonds is 9. The summed E-state index contributed by atoms with van der Waals surface area (Å²) in [6, 6.07) is 4.49. The van der Waals surface area contributed by atoms with Crippen LogP contribution in [0.5, 0.6) is 0 Å². The largest absolute Gasteiger partial charge is 0.379 e. The van der Waals surface area contributed by atoms with Crippen molar-refractivity contribution in [2.75, 3.05) is 45.9 Å². The molecule has 8 heteroatoms. The molecule has 2 heterocycles. The van der Waals surface area contributed by atoms with Crippen LogP contribution < -0.4 is 10.6 Å². The Morgan fingerprint density at radius 3 is 2.87 bits per heavy atom. The maximum absolute atomic E-state index is 12.6. The lowest BCUT2D eigenvalue weighted by Crippen LogP contribution is -2.49. The zero-order valence-electron chi connectivity index (χ0n) is 19.0. The summed E-state index contributed by atoms with van der Waals surface area (Å²) < 4.78 is 5.44. The van der Waals surface area contributed by atoms with E-state index >= 15 is 0 Å². The van der Waals surface area contributed by atoms with E-state index in [0.717, 1.165) is 58.8 Å². The normalized spacial score (nSPS) is 24.5. The molecule has 1 saturated carbocycles. The molecule has 0 radical (unpaired) electrons. The quantitative estimate of drug-likeness (QED) is 0.546. The molecule has 3 rings (SSSR count). The molecule has 2 fully saturated rings. The van der Waals surface area contributed by atoms with Crippen molar-refractivity contribution in [2.24, 2.45) is 11.8 Å². The highest BCUT2D eigenvalue weighted by molar-refractivity contribution is 7.80. The van der Waals surface area contributed by atoms with Gasteiger partial charge in [-0.2, -0.15) is 0 Å². The van der Waals surface area contributed by atoms with Gasteiger partial charge in [-0.05, 0) is 48.3 Å². The van der Waals surface area contributed by atoms with Crippen LogP contribution in [0.1, 0.15) is 44.4 Å². The molecule has 1 aromatic heterocycles. The van der Waals surface area contributed by atoms with Crippen LogP contribution in [0.3, 0.4) is 0 Å². The summed E-state index contributed by atoms with van der Waals surface area (Å²) in [7, 11) is 0. The van der Waals surface area contributed by atoms with Crippen molar-refractivity contribution >= 4 is 34.6 Å². The van der Waals surface area contributed by atoms with Crippen molar-refractivity contribution in [1.29, 1.82) is 0 Å². The molecule has 1 saturated heterocycles. The summed E-state index contributed by atoms with van der Waals surface area (Å²) in [5.74, 6) is 1.23. The number of carbonyl (C=O) groups excluding carboxylic acids is 1. The van der Waals surface area contributed by atoms with E-state index in [9.17, 15) is 4.79 Å². The van der Waals surface area contributed by atoms with Gasteiger partial charge in [-0.1, -0.05) is 32.8 Å². The topological polar surface area (TPSA) is 56.8 Å². The highest BCUT2D eigenvalue weighted by atomic mass is 32.1. The van der Waals surface area contributed by atoms with Crippen molar-refractivity contribution < 1.29 is 9.53 Å². The Morgan fingerprint density at radius 2 is 2.13 bits per heavy atom. The minimum atomic E-state index is 0.0395. The lowest BCUT2D eigenvalue weighted by Gasteiger charge is -2.34. The zero-order chi connectivity index (χ0) is 22.1. The van der Waals surface area contributed by atoms with Crippen LogP contribution in [0.15, 0.2) is 17.5 Å². The Bertz CT molecular complexity index is 679. The van der Waals surface area contributed by atoms with Gasteiger partial charge in [0.2, 0.25) is 5.91 Å². The van der Waals surface area contributed by atoms with Crippen LogP contribution in [0.25, 0.3) is 0 Å². The Labute approximate surface area is 196 Å². The smallest absolute Gasteiger partial charge is 0.239 e. The number of carbonyl (C=O) groups is 1. The molecule has 0 unspecified atom stereocenters. The van der Waals surface area contributed by atoms with Gasteiger partial charge in [0.25, 0.3) is 0 Å². The molecule has 174 valence electrons. The second-order valence-corrected chi connectivity index (χ2v) is 10.3. The number of thiocarbonyl (C=S) groups is 1. The fourth-order valence-electron chi connectivity index (χ4n) is 4.46. The van der Waals surface area contributed by atoms with Gasteiger partial charge in [-0.25, -0.2) is 0 Å². The molecular formula is C23H38N4O2S2. The summed E-state index contributed by atoms with van der Waals surface area (Å²) in [4.78, 5) is 18.5. The second kappa shape index (κ2) is 12.7. The monoisotopic (exact) mass is 466 g/mol. The molecule has 1 aliphatic carbocycles. The number of amides is 1. The molecule has 2 aliphatic rings. The molecule has 3 atom stereocenters. The first-order valence-corrected chi connectivity index (χ1v) is 13.0. The highest BCUT2D eigenvalue weighted by Crippen LogP contribution is 2.29. The van der Waals surface area contributed by atoms with Gasteiger partial charge in [-0.15, -0.1) is 11.3 Å². The Morgan fingerprint density at radius 1 is 1.32 bits per heavy atom. The maximum atomic E-state index is 12.6. The molecule has 2 N–H and O–H groups in total. The number of nitrogens with one attached hydrogen (secondary N) is 2. The molecule has 1 aromatic rings. The SMILES string of the molecule is C[C@H]1[C@H](C)CCC[C@@H]1NC(=O)CNC(=S)N(CCCN1CCOCC1)Cc1cccs1. The van der Waals surface area contributed by atoms with Crippen LogP contribution in [0.4, 0.5) is 0 Å². The Balaban J connectivity index is 1.45. The zero-order valence-corrected chi connectivity index (χ0v) is 20.6. The first kappa shape index (κ1) is 24.4. The van der Waals surface area contributed by atoms with E-state index in [0.29, 0.717) is 16.9 Å². The predicted molar refractivity (Wildman–Crippen MR) is 131 cm³/mol. The minimum Gasteiger partial charge on any atom is -0.379 e. The number of ether oxygens (including phenoxy) is 1. The van der Waals surface area contributed by atoms with Crippen LogP contribution in [-0.4, -0.2) is 72.8 Å². The average molecular weight is 467 g/mol. The van der Waals surface area contributed by atoms with Gasteiger partial charge in [0.15, 0.2) is 5.11 Å². The summed E-state index contributed by atoms with van der Waals surface area (Å²) in [6.45, 7) is 11.1. The van der Waals surface area contributed by atoms with Crippen molar-refractivity contribution in [2.45, 2.75) is 52.1 Å². The van der Waals surface area contributed by atoms with Crippen LogP contribution in [0, 0.1) is 11.8 Å². The van der Waals surface area contributed by atoms with E-state index in [-0.39, 0.29) is 18.5 Å². The Hall–Kier alpha value is -1.22. The standard InChI is InChI=1S/C23H38N4O2S2/c1-18-6-3-8-21(19(18)2)25-22(28)16-24-23(30)27(17-20-7-4-15-31-20)10-5-9-26-11-13-29-14-12-26/h4,7,15,18-19,21H,3,5-6,8-14,16-17H2,1-2H3,(H,24,30)(H,25,28)/t18-,19+,21+/m1/s1. The Kier molecular flexibility index (Phi) is 10.0. The van der Waals surface area contributed by atoms with Gasteiger partial charge in [-0.3, -0.25) is 9.69 Å². The average Bonchev–Trinajstić information content (AvgIpc) is 3.28. The third-order valence-electron chi connectivity index (χ3n) is 6.67. The molecule has 1 aliphatic heterocycles. The van der Waals surface area contributed by atoms with E-state index in [1.54, 1.807) is 11.3 Å². The van der Waals surface area contributed by atoms with Crippen LogP contribution >= 0.6 is 23.6 Å². The number of morpholine rings is 1. The van der Waals surface area contributed by atoms with Crippen LogP contribution in [0.2, 0.25) is 0 Å². The summed E-state index contributed by atoms with van der Waals surface area (Å²) >= 11 is 7.43. The summed E-state index contributed by atoms with van der Waals surface area (Å²) in [5, 5.41) is 9.20. The fourth-order valence-corrected chi connectivity index (χ4v) is 5.41. The lowest BCUT2D eigenvalue weighted by molar-refractivity contribution is -0.121. The third-order valence-corrected chi connectivity index (χ3v) is 7.94. The van der Waals surface area contributed by atoms with Gasteiger partial charge in [0.05, 0.1) is 26.3 Å². The van der Waals surface area contributed by atoms with E-state index in [4.69, 9.17) is 17.0 Å². The molecule has 0 bridgehead atoms. The van der Waals surface area contributed by atoms with Gasteiger partial charge in [0.1, 0.15) is 0 Å². The highest BCUT2D eigenvalue weighted by Gasteiger charge is 2.28. The molecule has 31 heavy (non-hydrogen) atoms. The molecule has 0 aromatic carbocycles. The molecular weight excluding hydrogens is 428 g/mol. The maximum Gasteiger partial charge on any atom is 0.239 e. The predicted octanol–water partition coefficient (Wildman–Crippen LogP) is 3.09. The van der Waals surface area contributed by atoms with Gasteiger partial charge >= 0.3 is 0 Å². The first-order chi connectivity index (χ1) is 15.0.